The van der Waals surface area contributed by atoms with E-state index in [1.807, 2.05) is 39.1 Å². The number of nitrogens with one attached hydrogen (secondary N) is 2. The molecule has 112 valence electrons. The van der Waals surface area contributed by atoms with Crippen LogP contribution < -0.4 is 5.32 Å². The SMILES string of the molecule is CNc1ncc2c(-c3ccc(N=C(C)C)c(C)n3)c[nH]c2n1. The topological polar surface area (TPSA) is 78.9 Å². The molecular formula is C16H18N6. The smallest absolute Gasteiger partial charge is 0.224 e. The van der Waals surface area contributed by atoms with Crippen LogP contribution in [0.5, 0.6) is 0 Å². The second-order valence-corrected chi connectivity index (χ2v) is 5.27. The van der Waals surface area contributed by atoms with Gasteiger partial charge in [0.2, 0.25) is 5.95 Å². The van der Waals surface area contributed by atoms with E-state index < -0.39 is 0 Å². The number of aryl methyl sites for hydroxylation is 1. The molecule has 6 heteroatoms. The lowest BCUT2D eigenvalue weighted by Gasteiger charge is -2.04. The van der Waals surface area contributed by atoms with E-state index >= 15 is 0 Å². The number of aliphatic imine (C=N–C) groups is 1. The Labute approximate surface area is 128 Å². The Morgan fingerprint density at radius 3 is 2.73 bits per heavy atom. The maximum Gasteiger partial charge on any atom is 0.224 e. The number of aromatic nitrogens is 4. The first-order valence-corrected chi connectivity index (χ1v) is 7.10. The summed E-state index contributed by atoms with van der Waals surface area (Å²) in [4.78, 5) is 21.0. The van der Waals surface area contributed by atoms with Crippen LogP contribution in [0.25, 0.3) is 22.3 Å². The Morgan fingerprint density at radius 2 is 2.05 bits per heavy atom. The lowest BCUT2D eigenvalue weighted by molar-refractivity contribution is 1.18. The van der Waals surface area contributed by atoms with E-state index in [9.17, 15) is 0 Å². The third-order valence-electron chi connectivity index (χ3n) is 3.33. The molecule has 0 aliphatic heterocycles. The molecule has 3 heterocycles. The first-order chi connectivity index (χ1) is 10.6. The minimum absolute atomic E-state index is 0.591. The quantitative estimate of drug-likeness (QED) is 0.725. The highest BCUT2D eigenvalue weighted by Crippen LogP contribution is 2.28. The van der Waals surface area contributed by atoms with E-state index in [0.717, 1.165) is 39.4 Å². The highest BCUT2D eigenvalue weighted by molar-refractivity contribution is 5.92. The Bertz CT molecular complexity index is 858. The zero-order valence-corrected chi connectivity index (χ0v) is 13.1. The molecule has 2 N–H and O–H groups in total. The van der Waals surface area contributed by atoms with Gasteiger partial charge in [-0.1, -0.05) is 0 Å². The van der Waals surface area contributed by atoms with E-state index in [1.165, 1.54) is 0 Å². The van der Waals surface area contributed by atoms with Crippen molar-refractivity contribution >= 4 is 28.4 Å². The van der Waals surface area contributed by atoms with Crippen LogP contribution in [-0.2, 0) is 0 Å². The molecule has 0 aromatic carbocycles. The van der Waals surface area contributed by atoms with Crippen molar-refractivity contribution < 1.29 is 0 Å². The molecule has 0 fully saturated rings. The van der Waals surface area contributed by atoms with Gasteiger partial charge in [0, 0.05) is 36.1 Å². The van der Waals surface area contributed by atoms with Crippen molar-refractivity contribution in [3.05, 3.63) is 30.2 Å². The van der Waals surface area contributed by atoms with Crippen LogP contribution in [0.3, 0.4) is 0 Å². The average Bonchev–Trinajstić information content (AvgIpc) is 2.91. The summed E-state index contributed by atoms with van der Waals surface area (Å²) in [6, 6.07) is 3.97. The van der Waals surface area contributed by atoms with Crippen molar-refractivity contribution in [1.82, 2.24) is 19.9 Å². The fourth-order valence-corrected chi connectivity index (χ4v) is 2.30. The number of anilines is 1. The van der Waals surface area contributed by atoms with Crippen molar-refractivity contribution in [2.45, 2.75) is 20.8 Å². The molecule has 0 aliphatic carbocycles. The number of aromatic amines is 1. The monoisotopic (exact) mass is 294 g/mol. The van der Waals surface area contributed by atoms with Gasteiger partial charge in [-0.2, -0.15) is 4.98 Å². The van der Waals surface area contributed by atoms with Crippen LogP contribution in [0, 0.1) is 6.92 Å². The van der Waals surface area contributed by atoms with Crippen molar-refractivity contribution in [2.75, 3.05) is 12.4 Å². The summed E-state index contributed by atoms with van der Waals surface area (Å²) >= 11 is 0. The number of fused-ring (bicyclic) bond motifs is 1. The Balaban J connectivity index is 2.08. The number of pyridine rings is 1. The lowest BCUT2D eigenvalue weighted by Crippen LogP contribution is -1.95. The normalized spacial score (nSPS) is 10.7. The maximum absolute atomic E-state index is 4.66. The molecule has 0 saturated heterocycles. The first-order valence-electron chi connectivity index (χ1n) is 7.10. The summed E-state index contributed by atoms with van der Waals surface area (Å²) in [5.41, 5.74) is 5.48. The largest absolute Gasteiger partial charge is 0.357 e. The minimum atomic E-state index is 0.591. The molecule has 0 spiro atoms. The van der Waals surface area contributed by atoms with Gasteiger partial charge < -0.3 is 10.3 Å². The highest BCUT2D eigenvalue weighted by atomic mass is 15.1. The van der Waals surface area contributed by atoms with Crippen LogP contribution in [0.15, 0.2) is 29.5 Å². The van der Waals surface area contributed by atoms with E-state index in [4.69, 9.17) is 0 Å². The maximum atomic E-state index is 4.66. The highest BCUT2D eigenvalue weighted by Gasteiger charge is 2.11. The van der Waals surface area contributed by atoms with Gasteiger partial charge in [0.25, 0.3) is 0 Å². The van der Waals surface area contributed by atoms with E-state index in [-0.39, 0.29) is 0 Å². The van der Waals surface area contributed by atoms with Gasteiger partial charge in [0.05, 0.1) is 17.1 Å². The molecule has 0 amide bonds. The summed E-state index contributed by atoms with van der Waals surface area (Å²) in [6.45, 7) is 5.92. The molecule has 0 bridgehead atoms. The Morgan fingerprint density at radius 1 is 1.23 bits per heavy atom. The van der Waals surface area contributed by atoms with Crippen LogP contribution in [0.4, 0.5) is 11.6 Å². The predicted octanol–water partition coefficient (Wildman–Crippen LogP) is 3.48. The number of nitrogens with zero attached hydrogens (tertiary/aromatic N) is 4. The zero-order valence-electron chi connectivity index (χ0n) is 13.1. The van der Waals surface area contributed by atoms with Gasteiger partial charge in [-0.15, -0.1) is 0 Å². The summed E-state index contributed by atoms with van der Waals surface area (Å²) in [6.07, 6.45) is 3.72. The van der Waals surface area contributed by atoms with Crippen molar-refractivity contribution in [1.29, 1.82) is 0 Å². The lowest BCUT2D eigenvalue weighted by atomic mass is 10.1. The summed E-state index contributed by atoms with van der Waals surface area (Å²) in [7, 11) is 1.80. The summed E-state index contributed by atoms with van der Waals surface area (Å²) < 4.78 is 0. The van der Waals surface area contributed by atoms with Crippen LogP contribution in [0.2, 0.25) is 0 Å². The molecule has 22 heavy (non-hydrogen) atoms. The summed E-state index contributed by atoms with van der Waals surface area (Å²) in [5.74, 6) is 0.591. The Kier molecular flexibility index (Phi) is 3.58. The molecule has 3 aromatic heterocycles. The molecular weight excluding hydrogens is 276 g/mol. The fraction of sp³-hybridized carbons (Fsp3) is 0.250. The van der Waals surface area contributed by atoms with Crippen LogP contribution >= 0.6 is 0 Å². The van der Waals surface area contributed by atoms with E-state index in [1.54, 1.807) is 13.2 Å². The van der Waals surface area contributed by atoms with Gasteiger partial charge in [-0.05, 0) is 32.9 Å². The zero-order chi connectivity index (χ0) is 15.7. The van der Waals surface area contributed by atoms with Gasteiger partial charge in [-0.25, -0.2) is 4.98 Å². The minimum Gasteiger partial charge on any atom is -0.357 e. The van der Waals surface area contributed by atoms with Crippen molar-refractivity contribution in [3.63, 3.8) is 0 Å². The van der Waals surface area contributed by atoms with Gasteiger partial charge in [0.1, 0.15) is 5.65 Å². The van der Waals surface area contributed by atoms with Gasteiger partial charge in [0.15, 0.2) is 0 Å². The molecule has 0 radical (unpaired) electrons. The van der Waals surface area contributed by atoms with Gasteiger partial charge >= 0.3 is 0 Å². The molecule has 6 nitrogen and oxygen atoms in total. The number of H-pyrrole nitrogens is 1. The predicted molar refractivity (Wildman–Crippen MR) is 89.8 cm³/mol. The van der Waals surface area contributed by atoms with E-state index in [2.05, 4.69) is 30.2 Å². The third-order valence-corrected chi connectivity index (χ3v) is 3.33. The fourth-order valence-electron chi connectivity index (χ4n) is 2.30. The Hall–Kier alpha value is -2.76. The van der Waals surface area contributed by atoms with Crippen molar-refractivity contribution in [2.24, 2.45) is 4.99 Å². The summed E-state index contributed by atoms with van der Waals surface area (Å²) in [5, 5.41) is 3.88. The van der Waals surface area contributed by atoms with Gasteiger partial charge in [-0.3, -0.25) is 9.98 Å². The van der Waals surface area contributed by atoms with E-state index in [0.29, 0.717) is 5.95 Å². The number of hydrogen-bond donors (Lipinski definition) is 2. The number of rotatable bonds is 3. The molecule has 3 aromatic rings. The van der Waals surface area contributed by atoms with Crippen LogP contribution in [-0.4, -0.2) is 32.7 Å². The molecule has 0 saturated carbocycles. The molecule has 0 aliphatic rings. The average molecular weight is 294 g/mol. The molecule has 0 atom stereocenters. The second-order valence-electron chi connectivity index (χ2n) is 5.27. The number of hydrogen-bond acceptors (Lipinski definition) is 5. The van der Waals surface area contributed by atoms with Crippen LogP contribution in [0.1, 0.15) is 19.5 Å². The molecule has 3 rings (SSSR count). The second kappa shape index (κ2) is 5.55. The third kappa shape index (κ3) is 2.55. The first kappa shape index (κ1) is 14.2. The standard InChI is InChI=1S/C16H18N6/c1-9(2)20-13-5-6-14(21-10(13)3)11-7-18-15-12(11)8-19-16(17-4)22-15/h5-8H,1-4H3,(H2,17,18,19,22). The molecule has 0 unspecified atom stereocenters. The van der Waals surface area contributed by atoms with Crippen molar-refractivity contribution in [3.8, 4) is 11.3 Å².